The van der Waals surface area contributed by atoms with Crippen LogP contribution in [0.2, 0.25) is 0 Å². The lowest BCUT2D eigenvalue weighted by molar-refractivity contribution is -0.140. The van der Waals surface area contributed by atoms with Crippen LogP contribution in [0.4, 0.5) is 0 Å². The van der Waals surface area contributed by atoms with Gasteiger partial charge in [0.2, 0.25) is 17.7 Å². The van der Waals surface area contributed by atoms with Crippen LogP contribution in [0.25, 0.3) is 0 Å². The molecule has 1 aromatic rings. The van der Waals surface area contributed by atoms with Gasteiger partial charge in [-0.25, -0.2) is 0 Å². The third kappa shape index (κ3) is 4.69. The van der Waals surface area contributed by atoms with Crippen molar-refractivity contribution < 1.29 is 14.4 Å². The van der Waals surface area contributed by atoms with Crippen molar-refractivity contribution in [1.29, 1.82) is 0 Å². The van der Waals surface area contributed by atoms with Gasteiger partial charge in [0.1, 0.15) is 0 Å². The summed E-state index contributed by atoms with van der Waals surface area (Å²) in [5.74, 6) is -0.424. The number of imide groups is 1. The molecule has 1 aliphatic carbocycles. The SMILES string of the molecule is O=C(CCN1C(=O)C2CCCCC2C1=O)NC1CCN(Cc2ccccc2)CC1. The molecule has 3 fully saturated rings. The lowest BCUT2D eigenvalue weighted by Gasteiger charge is -2.32. The first-order valence-corrected chi connectivity index (χ1v) is 11.0. The summed E-state index contributed by atoms with van der Waals surface area (Å²) in [6, 6.07) is 10.6. The molecule has 2 heterocycles. The highest BCUT2D eigenvalue weighted by molar-refractivity contribution is 6.05. The van der Waals surface area contributed by atoms with E-state index in [-0.39, 0.29) is 48.6 Å². The maximum Gasteiger partial charge on any atom is 0.233 e. The van der Waals surface area contributed by atoms with Crippen LogP contribution >= 0.6 is 0 Å². The van der Waals surface area contributed by atoms with Gasteiger partial charge in [-0.3, -0.25) is 24.2 Å². The largest absolute Gasteiger partial charge is 0.353 e. The zero-order chi connectivity index (χ0) is 20.2. The third-order valence-corrected chi connectivity index (χ3v) is 6.70. The summed E-state index contributed by atoms with van der Waals surface area (Å²) in [6.07, 6.45) is 5.77. The second-order valence-electron chi connectivity index (χ2n) is 8.68. The molecule has 2 atom stereocenters. The maximum atomic E-state index is 12.5. The number of likely N-dealkylation sites (tertiary alicyclic amines) is 2. The van der Waals surface area contributed by atoms with E-state index >= 15 is 0 Å². The second-order valence-corrected chi connectivity index (χ2v) is 8.68. The number of nitrogens with zero attached hydrogens (tertiary/aromatic N) is 2. The van der Waals surface area contributed by atoms with E-state index in [4.69, 9.17) is 0 Å². The molecule has 4 rings (SSSR count). The Hall–Kier alpha value is -2.21. The Morgan fingerprint density at radius 2 is 1.55 bits per heavy atom. The summed E-state index contributed by atoms with van der Waals surface area (Å²) >= 11 is 0. The van der Waals surface area contributed by atoms with Gasteiger partial charge in [0.15, 0.2) is 0 Å². The molecule has 0 bridgehead atoms. The Kier molecular flexibility index (Phi) is 6.28. The molecule has 3 aliphatic rings. The normalized spacial score (nSPS) is 25.9. The molecule has 3 amide bonds. The van der Waals surface area contributed by atoms with E-state index in [1.807, 2.05) is 6.07 Å². The van der Waals surface area contributed by atoms with E-state index < -0.39 is 0 Å². The maximum absolute atomic E-state index is 12.5. The fourth-order valence-electron chi connectivity index (χ4n) is 5.04. The average molecular weight is 398 g/mol. The number of benzene rings is 1. The van der Waals surface area contributed by atoms with Crippen molar-refractivity contribution in [2.75, 3.05) is 19.6 Å². The van der Waals surface area contributed by atoms with Crippen LogP contribution < -0.4 is 5.32 Å². The van der Waals surface area contributed by atoms with Crippen molar-refractivity contribution in [2.24, 2.45) is 11.8 Å². The number of carbonyl (C=O) groups is 3. The monoisotopic (exact) mass is 397 g/mol. The van der Waals surface area contributed by atoms with Gasteiger partial charge in [-0.15, -0.1) is 0 Å². The van der Waals surface area contributed by atoms with Gasteiger partial charge in [-0.2, -0.15) is 0 Å². The van der Waals surface area contributed by atoms with Crippen LogP contribution in [0.5, 0.6) is 0 Å². The number of carbonyl (C=O) groups excluding carboxylic acids is 3. The first-order valence-electron chi connectivity index (χ1n) is 11.0. The minimum absolute atomic E-state index is 0.0537. The van der Waals surface area contributed by atoms with E-state index in [0.717, 1.165) is 58.2 Å². The molecule has 6 heteroatoms. The van der Waals surface area contributed by atoms with Crippen molar-refractivity contribution >= 4 is 17.7 Å². The molecular weight excluding hydrogens is 366 g/mol. The molecule has 2 aliphatic heterocycles. The molecule has 1 N–H and O–H groups in total. The van der Waals surface area contributed by atoms with E-state index in [0.29, 0.717) is 0 Å². The fraction of sp³-hybridized carbons (Fsp3) is 0.609. The summed E-state index contributed by atoms with van der Waals surface area (Å²) < 4.78 is 0. The van der Waals surface area contributed by atoms with Crippen LogP contribution in [-0.2, 0) is 20.9 Å². The van der Waals surface area contributed by atoms with Gasteiger partial charge >= 0.3 is 0 Å². The van der Waals surface area contributed by atoms with Crippen molar-refractivity contribution in [1.82, 2.24) is 15.1 Å². The van der Waals surface area contributed by atoms with Gasteiger partial charge in [0, 0.05) is 38.6 Å². The lowest BCUT2D eigenvalue weighted by atomic mass is 9.81. The number of hydrogen-bond donors (Lipinski definition) is 1. The van der Waals surface area contributed by atoms with E-state index in [2.05, 4.69) is 34.5 Å². The number of piperidine rings is 1. The van der Waals surface area contributed by atoms with Crippen molar-refractivity contribution in [3.05, 3.63) is 35.9 Å². The van der Waals surface area contributed by atoms with Gasteiger partial charge in [0.05, 0.1) is 11.8 Å². The van der Waals surface area contributed by atoms with Crippen LogP contribution in [0.3, 0.4) is 0 Å². The van der Waals surface area contributed by atoms with Crippen LogP contribution in [0.1, 0.15) is 50.5 Å². The van der Waals surface area contributed by atoms with Crippen LogP contribution in [0.15, 0.2) is 30.3 Å². The number of fused-ring (bicyclic) bond motifs is 1. The molecule has 6 nitrogen and oxygen atoms in total. The molecule has 2 saturated heterocycles. The van der Waals surface area contributed by atoms with E-state index in [1.54, 1.807) is 0 Å². The first kappa shape index (κ1) is 20.1. The molecule has 156 valence electrons. The predicted octanol–water partition coefficient (Wildman–Crippen LogP) is 2.33. The highest BCUT2D eigenvalue weighted by Gasteiger charge is 2.47. The minimum atomic E-state index is -0.131. The standard InChI is InChI=1S/C23H31N3O3/c27-21(12-15-26-22(28)19-8-4-5-9-20(19)23(26)29)24-18-10-13-25(14-11-18)16-17-6-2-1-3-7-17/h1-3,6-7,18-20H,4-5,8-16H2,(H,24,27). The molecular formula is C23H31N3O3. The topological polar surface area (TPSA) is 69.7 Å². The van der Waals surface area contributed by atoms with Gasteiger partial charge in [0.25, 0.3) is 0 Å². The van der Waals surface area contributed by atoms with Gasteiger partial charge in [-0.05, 0) is 31.2 Å². The third-order valence-electron chi connectivity index (χ3n) is 6.70. The lowest BCUT2D eigenvalue weighted by Crippen LogP contribution is -2.45. The summed E-state index contributed by atoms with van der Waals surface area (Å²) in [5, 5.41) is 3.10. The Labute approximate surface area is 172 Å². The Balaban J connectivity index is 1.19. The number of rotatable bonds is 6. The van der Waals surface area contributed by atoms with Crippen molar-refractivity contribution in [2.45, 2.75) is 57.5 Å². The zero-order valence-electron chi connectivity index (χ0n) is 17.0. The van der Waals surface area contributed by atoms with Gasteiger partial charge in [-0.1, -0.05) is 43.2 Å². The predicted molar refractivity (Wildman–Crippen MR) is 110 cm³/mol. The quantitative estimate of drug-likeness (QED) is 0.748. The second kappa shape index (κ2) is 9.08. The Morgan fingerprint density at radius 3 is 2.17 bits per heavy atom. The summed E-state index contributed by atoms with van der Waals surface area (Å²) in [4.78, 5) is 41.2. The molecule has 1 aromatic carbocycles. The highest BCUT2D eigenvalue weighted by Crippen LogP contribution is 2.37. The molecule has 29 heavy (non-hydrogen) atoms. The highest BCUT2D eigenvalue weighted by atomic mass is 16.2. The number of hydrogen-bond acceptors (Lipinski definition) is 4. The minimum Gasteiger partial charge on any atom is -0.353 e. The van der Waals surface area contributed by atoms with Gasteiger partial charge < -0.3 is 5.32 Å². The Morgan fingerprint density at radius 1 is 0.931 bits per heavy atom. The summed E-state index contributed by atoms with van der Waals surface area (Å²) in [6.45, 7) is 3.10. The average Bonchev–Trinajstić information content (AvgIpc) is 2.99. The molecule has 1 saturated carbocycles. The van der Waals surface area contributed by atoms with Crippen LogP contribution in [0, 0.1) is 11.8 Å². The zero-order valence-corrected chi connectivity index (χ0v) is 17.0. The molecule has 0 aromatic heterocycles. The molecule has 0 radical (unpaired) electrons. The number of nitrogens with one attached hydrogen (secondary N) is 1. The van der Waals surface area contributed by atoms with Crippen molar-refractivity contribution in [3.63, 3.8) is 0 Å². The van der Waals surface area contributed by atoms with Crippen LogP contribution in [-0.4, -0.2) is 53.2 Å². The Bertz CT molecular complexity index is 719. The van der Waals surface area contributed by atoms with E-state index in [1.165, 1.54) is 10.5 Å². The smallest absolute Gasteiger partial charge is 0.233 e. The van der Waals surface area contributed by atoms with Crippen molar-refractivity contribution in [3.8, 4) is 0 Å². The summed E-state index contributed by atoms with van der Waals surface area (Å²) in [5.41, 5.74) is 1.32. The summed E-state index contributed by atoms with van der Waals surface area (Å²) in [7, 11) is 0. The molecule has 0 spiro atoms. The first-order chi connectivity index (χ1) is 14.1. The van der Waals surface area contributed by atoms with E-state index in [9.17, 15) is 14.4 Å². The molecule has 2 unspecified atom stereocenters. The fourth-order valence-corrected chi connectivity index (χ4v) is 5.04. The number of amides is 3.